The van der Waals surface area contributed by atoms with Crippen molar-refractivity contribution in [2.75, 3.05) is 13.1 Å². The fourth-order valence-electron chi connectivity index (χ4n) is 2.35. The molecule has 1 aliphatic heterocycles. The summed E-state index contributed by atoms with van der Waals surface area (Å²) >= 11 is 0. The molecule has 0 spiro atoms. The van der Waals surface area contributed by atoms with Gasteiger partial charge in [0.2, 0.25) is 0 Å². The zero-order chi connectivity index (χ0) is 10.1. The Morgan fingerprint density at radius 2 is 1.86 bits per heavy atom. The normalized spacial score (nSPS) is 34.6. The Balaban J connectivity index is 1.97. The van der Waals surface area contributed by atoms with E-state index in [9.17, 15) is 9.59 Å². The van der Waals surface area contributed by atoms with Crippen LogP contribution in [0.15, 0.2) is 0 Å². The highest BCUT2D eigenvalue weighted by Crippen LogP contribution is 2.29. The second-order valence-electron chi connectivity index (χ2n) is 4.32. The van der Waals surface area contributed by atoms with Crippen molar-refractivity contribution < 1.29 is 14.3 Å². The molecule has 0 bridgehead atoms. The Morgan fingerprint density at radius 1 is 1.21 bits per heavy atom. The van der Waals surface area contributed by atoms with Crippen LogP contribution >= 0.6 is 0 Å². The number of carbonyl (C=O) groups excluding carboxylic acids is 2. The fourth-order valence-corrected chi connectivity index (χ4v) is 2.35. The van der Waals surface area contributed by atoms with E-state index in [1.807, 2.05) is 4.90 Å². The first-order chi connectivity index (χ1) is 6.65. The lowest BCUT2D eigenvalue weighted by molar-refractivity contribution is -0.168. The van der Waals surface area contributed by atoms with Gasteiger partial charge in [-0.2, -0.15) is 0 Å². The minimum absolute atomic E-state index is 0.281. The van der Waals surface area contributed by atoms with Gasteiger partial charge in [0.1, 0.15) is 0 Å². The maximum absolute atomic E-state index is 11.0. The van der Waals surface area contributed by atoms with Crippen molar-refractivity contribution in [1.82, 2.24) is 4.90 Å². The fraction of sp³-hybridized carbons (Fsp3) is 0.800. The predicted octanol–water partition coefficient (Wildman–Crippen LogP) is 0.560. The van der Waals surface area contributed by atoms with Gasteiger partial charge in [0.05, 0.1) is 13.1 Å². The molecule has 0 aromatic carbocycles. The van der Waals surface area contributed by atoms with Crippen LogP contribution in [0.2, 0.25) is 0 Å². The Kier molecular flexibility index (Phi) is 2.54. The molecule has 1 heterocycles. The third-order valence-corrected chi connectivity index (χ3v) is 3.08. The molecule has 0 aromatic heterocycles. The molecule has 0 N–H and O–H groups in total. The van der Waals surface area contributed by atoms with Gasteiger partial charge in [-0.15, -0.1) is 0 Å². The van der Waals surface area contributed by atoms with Gasteiger partial charge in [-0.1, -0.05) is 6.92 Å². The van der Waals surface area contributed by atoms with Gasteiger partial charge in [0, 0.05) is 6.04 Å². The van der Waals surface area contributed by atoms with E-state index in [1.54, 1.807) is 0 Å². The molecular weight excluding hydrogens is 182 g/mol. The van der Waals surface area contributed by atoms with E-state index in [1.165, 1.54) is 6.42 Å². The lowest BCUT2D eigenvalue weighted by atomic mass is 10.1. The lowest BCUT2D eigenvalue weighted by Crippen LogP contribution is -2.47. The Bertz CT molecular complexity index is 248. The highest BCUT2D eigenvalue weighted by molar-refractivity contribution is 5.90. The smallest absolute Gasteiger partial charge is 0.327 e. The number of hydrogen-bond donors (Lipinski definition) is 0. The quantitative estimate of drug-likeness (QED) is 0.455. The standard InChI is InChI=1S/C10H15NO3/c1-7-2-3-8(4-7)11-5-9(12)14-10(13)6-11/h7-8H,2-6H2,1H3. The van der Waals surface area contributed by atoms with Crippen LogP contribution in [0.1, 0.15) is 26.2 Å². The topological polar surface area (TPSA) is 46.6 Å². The van der Waals surface area contributed by atoms with Gasteiger partial charge in [-0.3, -0.25) is 14.5 Å². The van der Waals surface area contributed by atoms with Crippen molar-refractivity contribution in [2.45, 2.75) is 32.2 Å². The third-order valence-electron chi connectivity index (χ3n) is 3.08. The average Bonchev–Trinajstić information content (AvgIpc) is 2.50. The van der Waals surface area contributed by atoms with Crippen LogP contribution < -0.4 is 0 Å². The van der Waals surface area contributed by atoms with Crippen molar-refractivity contribution in [2.24, 2.45) is 5.92 Å². The molecule has 2 aliphatic rings. The molecule has 14 heavy (non-hydrogen) atoms. The monoisotopic (exact) mass is 197 g/mol. The molecule has 1 aliphatic carbocycles. The van der Waals surface area contributed by atoms with Gasteiger partial charge in [-0.25, -0.2) is 0 Å². The van der Waals surface area contributed by atoms with Crippen LogP contribution in [0.4, 0.5) is 0 Å². The van der Waals surface area contributed by atoms with E-state index in [4.69, 9.17) is 0 Å². The van der Waals surface area contributed by atoms with Crippen LogP contribution in [0.25, 0.3) is 0 Å². The first-order valence-corrected chi connectivity index (χ1v) is 5.12. The molecular formula is C10H15NO3. The summed E-state index contributed by atoms with van der Waals surface area (Å²) in [6.07, 6.45) is 3.40. The number of morpholine rings is 1. The lowest BCUT2D eigenvalue weighted by Gasteiger charge is -2.29. The van der Waals surface area contributed by atoms with Crippen LogP contribution in [0.3, 0.4) is 0 Å². The highest BCUT2D eigenvalue weighted by atomic mass is 16.6. The number of esters is 2. The molecule has 0 radical (unpaired) electrons. The molecule has 2 atom stereocenters. The minimum atomic E-state index is -0.402. The van der Waals surface area contributed by atoms with Crippen molar-refractivity contribution in [3.05, 3.63) is 0 Å². The second-order valence-corrected chi connectivity index (χ2v) is 4.32. The van der Waals surface area contributed by atoms with Crippen LogP contribution in [-0.2, 0) is 14.3 Å². The highest BCUT2D eigenvalue weighted by Gasteiger charge is 2.33. The van der Waals surface area contributed by atoms with Gasteiger partial charge in [0.15, 0.2) is 0 Å². The number of nitrogens with zero attached hydrogens (tertiary/aromatic N) is 1. The number of carbonyl (C=O) groups is 2. The Hall–Kier alpha value is -0.900. The molecule has 0 aromatic rings. The van der Waals surface area contributed by atoms with Crippen LogP contribution in [-0.4, -0.2) is 36.0 Å². The molecule has 2 rings (SSSR count). The first-order valence-electron chi connectivity index (χ1n) is 5.12. The molecule has 78 valence electrons. The molecule has 2 fully saturated rings. The van der Waals surface area contributed by atoms with Crippen LogP contribution in [0.5, 0.6) is 0 Å². The van der Waals surface area contributed by atoms with Crippen LogP contribution in [0, 0.1) is 5.92 Å². The van der Waals surface area contributed by atoms with Gasteiger partial charge in [0.25, 0.3) is 0 Å². The SMILES string of the molecule is CC1CCC(N2CC(=O)OC(=O)C2)C1. The summed E-state index contributed by atoms with van der Waals surface area (Å²) in [5.74, 6) is -0.0883. The summed E-state index contributed by atoms with van der Waals surface area (Å²) in [5.41, 5.74) is 0. The molecule has 4 heteroatoms. The first kappa shape index (κ1) is 9.65. The summed E-state index contributed by atoms with van der Waals surface area (Å²) in [6.45, 7) is 2.77. The molecule has 2 unspecified atom stereocenters. The van der Waals surface area contributed by atoms with E-state index in [0.717, 1.165) is 12.8 Å². The summed E-state index contributed by atoms with van der Waals surface area (Å²) < 4.78 is 4.48. The van der Waals surface area contributed by atoms with Gasteiger partial charge >= 0.3 is 11.9 Å². The van der Waals surface area contributed by atoms with Crippen molar-refractivity contribution in [1.29, 1.82) is 0 Å². The average molecular weight is 197 g/mol. The number of rotatable bonds is 1. The van der Waals surface area contributed by atoms with Crippen molar-refractivity contribution >= 4 is 11.9 Å². The Morgan fingerprint density at radius 3 is 2.36 bits per heavy atom. The summed E-state index contributed by atoms with van der Waals surface area (Å²) in [4.78, 5) is 24.0. The number of cyclic esters (lactones) is 2. The van der Waals surface area contributed by atoms with Crippen molar-refractivity contribution in [3.8, 4) is 0 Å². The summed E-state index contributed by atoms with van der Waals surface area (Å²) in [6, 6.07) is 0.404. The summed E-state index contributed by atoms with van der Waals surface area (Å²) in [7, 11) is 0. The zero-order valence-corrected chi connectivity index (χ0v) is 8.36. The summed E-state index contributed by atoms with van der Waals surface area (Å²) in [5, 5.41) is 0. The van der Waals surface area contributed by atoms with E-state index in [-0.39, 0.29) is 13.1 Å². The Labute approximate surface area is 83.2 Å². The number of ether oxygens (including phenoxy) is 1. The minimum Gasteiger partial charge on any atom is -0.391 e. The van der Waals surface area contributed by atoms with E-state index in [2.05, 4.69) is 11.7 Å². The maximum Gasteiger partial charge on any atom is 0.327 e. The third kappa shape index (κ3) is 1.95. The molecule has 0 amide bonds. The second kappa shape index (κ2) is 3.69. The van der Waals surface area contributed by atoms with Gasteiger partial charge < -0.3 is 4.74 Å². The van der Waals surface area contributed by atoms with Gasteiger partial charge in [-0.05, 0) is 25.2 Å². The van der Waals surface area contributed by atoms with Crippen molar-refractivity contribution in [3.63, 3.8) is 0 Å². The van der Waals surface area contributed by atoms with E-state index < -0.39 is 11.9 Å². The zero-order valence-electron chi connectivity index (χ0n) is 8.36. The largest absolute Gasteiger partial charge is 0.391 e. The predicted molar refractivity (Wildman–Crippen MR) is 49.5 cm³/mol. The maximum atomic E-state index is 11.0. The number of hydrogen-bond acceptors (Lipinski definition) is 4. The molecule has 1 saturated carbocycles. The molecule has 4 nitrogen and oxygen atoms in total. The van der Waals surface area contributed by atoms with E-state index >= 15 is 0 Å². The van der Waals surface area contributed by atoms with E-state index in [0.29, 0.717) is 12.0 Å². The molecule has 1 saturated heterocycles.